The summed E-state index contributed by atoms with van der Waals surface area (Å²) >= 11 is 0. The van der Waals surface area contributed by atoms with Crippen molar-refractivity contribution >= 4 is 0 Å². The molecule has 0 aliphatic carbocycles. The van der Waals surface area contributed by atoms with Gasteiger partial charge in [-0.3, -0.25) is 0 Å². The molecule has 0 saturated heterocycles. The fraction of sp³-hybridized carbons (Fsp3) is 0.500. The predicted molar refractivity (Wildman–Crippen MR) is 32.8 cm³/mol. The lowest BCUT2D eigenvalue weighted by Crippen LogP contribution is -1.84. The number of hydrogen-bond donors (Lipinski definition) is 1. The van der Waals surface area contributed by atoms with Crippen molar-refractivity contribution in [1.29, 1.82) is 5.26 Å². The van der Waals surface area contributed by atoms with E-state index < -0.39 is 0 Å². The monoisotopic (exact) mass is 110 g/mol. The first-order valence-corrected chi connectivity index (χ1v) is 2.66. The van der Waals surface area contributed by atoms with Crippen molar-refractivity contribution < 1.29 is 0 Å². The predicted octanol–water partition coefficient (Wildman–Crippen LogP) is 1.15. The average molecular weight is 110 g/mol. The number of rotatable bonds is 2. The first-order valence-electron chi connectivity index (χ1n) is 2.66. The van der Waals surface area contributed by atoms with Crippen molar-refractivity contribution in [3.8, 4) is 6.07 Å². The van der Waals surface area contributed by atoms with Crippen LogP contribution in [0.5, 0.6) is 0 Å². The highest BCUT2D eigenvalue weighted by atomic mass is 14.5. The lowest BCUT2D eigenvalue weighted by Gasteiger charge is -1.87. The third-order valence-electron chi connectivity index (χ3n) is 0.864. The summed E-state index contributed by atoms with van der Waals surface area (Å²) in [6.45, 7) is 2.01. The van der Waals surface area contributed by atoms with Gasteiger partial charge in [-0.15, -0.1) is 0 Å². The van der Waals surface area contributed by atoms with Gasteiger partial charge in [0.15, 0.2) is 0 Å². The second kappa shape index (κ2) is 4.20. The quantitative estimate of drug-likeness (QED) is 0.542. The van der Waals surface area contributed by atoms with Crippen LogP contribution in [0.3, 0.4) is 0 Å². The van der Waals surface area contributed by atoms with E-state index in [-0.39, 0.29) is 0 Å². The Kier molecular flexibility index (Phi) is 3.69. The van der Waals surface area contributed by atoms with E-state index in [1.807, 2.05) is 13.0 Å². The fourth-order valence-electron chi connectivity index (χ4n) is 0.446. The summed E-state index contributed by atoms with van der Waals surface area (Å²) in [6, 6.07) is 1.99. The van der Waals surface area contributed by atoms with E-state index in [9.17, 15) is 0 Å². The molecule has 0 radical (unpaired) electrons. The summed E-state index contributed by atoms with van der Waals surface area (Å²) in [5.41, 5.74) is 5.76. The van der Waals surface area contributed by atoms with E-state index in [4.69, 9.17) is 11.0 Å². The van der Waals surface area contributed by atoms with Crippen LogP contribution in [0.1, 0.15) is 19.8 Å². The highest BCUT2D eigenvalue weighted by molar-refractivity contribution is 5.18. The summed E-state index contributed by atoms with van der Waals surface area (Å²) in [6.07, 6.45) is 3.15. The van der Waals surface area contributed by atoms with Crippen LogP contribution < -0.4 is 5.73 Å². The summed E-state index contributed by atoms with van der Waals surface area (Å²) in [5.74, 6) is 0. The van der Waals surface area contributed by atoms with Crippen LogP contribution in [0, 0.1) is 11.3 Å². The van der Waals surface area contributed by atoms with Crippen molar-refractivity contribution in [1.82, 2.24) is 0 Å². The zero-order valence-corrected chi connectivity index (χ0v) is 5.02. The fourth-order valence-corrected chi connectivity index (χ4v) is 0.446. The topological polar surface area (TPSA) is 49.8 Å². The largest absolute Gasteiger partial charge is 0.404 e. The normalized spacial score (nSPS) is 10.8. The molecule has 0 atom stereocenters. The van der Waals surface area contributed by atoms with E-state index in [0.717, 1.165) is 12.8 Å². The van der Waals surface area contributed by atoms with Gasteiger partial charge < -0.3 is 5.73 Å². The molecule has 0 saturated carbocycles. The molecule has 0 amide bonds. The van der Waals surface area contributed by atoms with Crippen LogP contribution in [-0.2, 0) is 0 Å². The summed E-state index contributed by atoms with van der Waals surface area (Å²) in [4.78, 5) is 0. The van der Waals surface area contributed by atoms with Gasteiger partial charge in [-0.25, -0.2) is 0 Å². The Morgan fingerprint density at radius 3 is 2.62 bits per heavy atom. The summed E-state index contributed by atoms with van der Waals surface area (Å²) in [7, 11) is 0. The Hall–Kier alpha value is -0.970. The van der Waals surface area contributed by atoms with Gasteiger partial charge in [0.25, 0.3) is 0 Å². The first-order chi connectivity index (χ1) is 3.85. The Morgan fingerprint density at radius 1 is 1.88 bits per heavy atom. The van der Waals surface area contributed by atoms with Gasteiger partial charge in [0.2, 0.25) is 0 Å². The SMILES string of the molecule is CCC/C(C#N)=C\N. The third-order valence-corrected chi connectivity index (χ3v) is 0.864. The molecular formula is C6H10N2. The van der Waals surface area contributed by atoms with E-state index in [2.05, 4.69) is 0 Å². The van der Waals surface area contributed by atoms with Crippen LogP contribution in [0.2, 0.25) is 0 Å². The minimum Gasteiger partial charge on any atom is -0.404 e. The van der Waals surface area contributed by atoms with Gasteiger partial charge in [0.1, 0.15) is 0 Å². The van der Waals surface area contributed by atoms with Crippen molar-refractivity contribution in [2.24, 2.45) is 5.73 Å². The smallest absolute Gasteiger partial charge is 0.0962 e. The second-order valence-electron chi connectivity index (χ2n) is 1.55. The van der Waals surface area contributed by atoms with Gasteiger partial charge in [-0.2, -0.15) is 5.26 Å². The van der Waals surface area contributed by atoms with Gasteiger partial charge in [0.05, 0.1) is 6.07 Å². The molecular weight excluding hydrogens is 100 g/mol. The zero-order valence-electron chi connectivity index (χ0n) is 5.02. The number of allylic oxidation sites excluding steroid dienone is 1. The maximum absolute atomic E-state index is 8.26. The molecule has 0 aromatic heterocycles. The molecule has 2 N–H and O–H groups in total. The number of nitrogens with zero attached hydrogens (tertiary/aromatic N) is 1. The highest BCUT2D eigenvalue weighted by Crippen LogP contribution is 1.98. The second-order valence-corrected chi connectivity index (χ2v) is 1.55. The number of nitrogens with two attached hydrogens (primary N) is 1. The van der Waals surface area contributed by atoms with Gasteiger partial charge in [0, 0.05) is 11.8 Å². The maximum Gasteiger partial charge on any atom is 0.0962 e. The molecule has 8 heavy (non-hydrogen) atoms. The van der Waals surface area contributed by atoms with Crippen molar-refractivity contribution in [2.45, 2.75) is 19.8 Å². The summed E-state index contributed by atoms with van der Waals surface area (Å²) in [5, 5.41) is 8.26. The van der Waals surface area contributed by atoms with Crippen LogP contribution in [0.25, 0.3) is 0 Å². The molecule has 2 nitrogen and oxygen atoms in total. The van der Waals surface area contributed by atoms with Gasteiger partial charge in [-0.05, 0) is 6.42 Å². The molecule has 0 aromatic rings. The van der Waals surface area contributed by atoms with Crippen molar-refractivity contribution in [2.75, 3.05) is 0 Å². The molecule has 0 aliphatic heterocycles. The van der Waals surface area contributed by atoms with E-state index in [0.29, 0.717) is 5.57 Å². The average Bonchev–Trinajstić information content (AvgIpc) is 1.83. The van der Waals surface area contributed by atoms with Gasteiger partial charge >= 0.3 is 0 Å². The first kappa shape index (κ1) is 7.03. The number of nitriles is 1. The highest BCUT2D eigenvalue weighted by Gasteiger charge is 1.87. The Morgan fingerprint density at radius 2 is 2.50 bits per heavy atom. The van der Waals surface area contributed by atoms with E-state index in [1.54, 1.807) is 0 Å². The van der Waals surface area contributed by atoms with E-state index >= 15 is 0 Å². The van der Waals surface area contributed by atoms with Crippen LogP contribution in [-0.4, -0.2) is 0 Å². The molecule has 44 valence electrons. The molecule has 2 heteroatoms. The molecule has 0 heterocycles. The maximum atomic E-state index is 8.26. The molecule has 0 rings (SSSR count). The van der Waals surface area contributed by atoms with E-state index in [1.165, 1.54) is 6.20 Å². The molecule has 0 unspecified atom stereocenters. The molecule has 0 aliphatic rings. The minimum atomic E-state index is 0.674. The van der Waals surface area contributed by atoms with Crippen LogP contribution in [0.4, 0.5) is 0 Å². The van der Waals surface area contributed by atoms with Crippen LogP contribution >= 0.6 is 0 Å². The number of hydrogen-bond acceptors (Lipinski definition) is 2. The van der Waals surface area contributed by atoms with Crippen LogP contribution in [0.15, 0.2) is 11.8 Å². The molecule has 0 fully saturated rings. The minimum absolute atomic E-state index is 0.674. The molecule has 0 bridgehead atoms. The van der Waals surface area contributed by atoms with Crippen molar-refractivity contribution in [3.63, 3.8) is 0 Å². The lowest BCUT2D eigenvalue weighted by atomic mass is 10.2. The Labute approximate surface area is 49.6 Å². The molecule has 0 spiro atoms. The Bertz CT molecular complexity index is 119. The lowest BCUT2D eigenvalue weighted by molar-refractivity contribution is 0.925. The third kappa shape index (κ3) is 2.25. The zero-order chi connectivity index (χ0) is 6.41. The standard InChI is InChI=1S/C6H10N2/c1-2-3-6(4-7)5-8/h4H,2-3,7H2,1H3/b6-4+. The van der Waals surface area contributed by atoms with Crippen molar-refractivity contribution in [3.05, 3.63) is 11.8 Å². The Balaban J connectivity index is 3.60. The molecule has 0 aromatic carbocycles. The van der Waals surface area contributed by atoms with Gasteiger partial charge in [-0.1, -0.05) is 13.3 Å². The summed E-state index contributed by atoms with van der Waals surface area (Å²) < 4.78 is 0.